The number of nitrogens with zero attached hydrogens (tertiary/aromatic N) is 4. The number of carbonyl (C=O) groups is 3. The number of anilines is 1. The first-order valence-corrected chi connectivity index (χ1v) is 20.1. The first-order valence-electron chi connectivity index (χ1n) is 17.5. The molecule has 2 aromatic carbocycles. The Labute approximate surface area is 312 Å². The molecule has 2 fully saturated rings. The molecule has 4 heterocycles. The lowest BCUT2D eigenvalue weighted by atomic mass is 10.1. The minimum atomic E-state index is -1.32. The summed E-state index contributed by atoms with van der Waals surface area (Å²) in [7, 11) is 4.72. The van der Waals surface area contributed by atoms with Crippen LogP contribution in [0.1, 0.15) is 65.3 Å². The predicted molar refractivity (Wildman–Crippen MR) is 205 cm³/mol. The van der Waals surface area contributed by atoms with Crippen molar-refractivity contribution >= 4 is 57.1 Å². The number of unbranched alkanes of at least 4 members (excludes halogenated alkanes) is 2. The molecule has 4 atom stereocenters. The third-order valence-corrected chi connectivity index (χ3v) is 11.8. The first kappa shape index (κ1) is 37.6. The number of hydrogen-bond acceptors (Lipinski definition) is 11. The van der Waals surface area contributed by atoms with E-state index in [2.05, 4.69) is 18.2 Å². The summed E-state index contributed by atoms with van der Waals surface area (Å²) in [6.07, 6.45) is 5.08. The highest BCUT2D eigenvalue weighted by molar-refractivity contribution is 8.76. The van der Waals surface area contributed by atoms with E-state index in [9.17, 15) is 19.5 Å². The zero-order chi connectivity index (χ0) is 37.1. The summed E-state index contributed by atoms with van der Waals surface area (Å²) >= 11 is 0. The van der Waals surface area contributed by atoms with Crippen molar-refractivity contribution in [3.05, 3.63) is 65.3 Å². The highest BCUT2D eigenvalue weighted by atomic mass is 33.1. The molecule has 6 rings (SSSR count). The van der Waals surface area contributed by atoms with Crippen LogP contribution in [0.25, 0.3) is 0 Å². The van der Waals surface area contributed by atoms with Gasteiger partial charge in [0.2, 0.25) is 0 Å². The van der Waals surface area contributed by atoms with E-state index in [0.717, 1.165) is 36.0 Å². The third-order valence-electron chi connectivity index (χ3n) is 9.60. The molecular formula is C38H46N4O8S2. The number of rotatable bonds is 13. The van der Waals surface area contributed by atoms with Crippen LogP contribution in [0.15, 0.2) is 53.6 Å². The van der Waals surface area contributed by atoms with Crippen LogP contribution < -0.4 is 19.1 Å². The standard InChI is InChI=1S/C38H46N4O8S2/c1-22-12-26-18-39-29-16-34(33(47-5)15-27(29)35(43)40(26)19-22)49-11-9-7-8-10-48-32-17-30-28(14-24(32)3)36(44)41-20-23(2)13-31(41)37(45)42(30)38(46)50-21-25(4)52-51-6/h14-18,25-26,31,37,45H,1-2,7-13,19-21H2,3-6H3/t25-,26+,31+,37+/m1/s1. The molecule has 0 aliphatic carbocycles. The average molecular weight is 751 g/mol. The number of aliphatic hydroxyl groups excluding tert-OH is 1. The van der Waals surface area contributed by atoms with Crippen molar-refractivity contribution in [2.75, 3.05) is 51.2 Å². The SMILES string of the molecule is C=C1C[C@H]2C=Nc3cc(OCCCCCOc4cc5c(cc4C)C(=O)N4CC(=C)C[C@H]4[C@H](O)N5C(=O)OC[C@@H](C)SSC)c(OC)cc3C(=O)N2C1. The quantitative estimate of drug-likeness (QED) is 0.136. The average Bonchev–Trinajstić information content (AvgIpc) is 3.66. The molecule has 3 amide bonds. The van der Waals surface area contributed by atoms with E-state index < -0.39 is 18.4 Å². The van der Waals surface area contributed by atoms with Gasteiger partial charge in [-0.2, -0.15) is 0 Å². The molecule has 2 aromatic rings. The van der Waals surface area contributed by atoms with Crippen LogP contribution in [-0.2, 0) is 4.74 Å². The fourth-order valence-corrected chi connectivity index (χ4v) is 8.60. The minimum Gasteiger partial charge on any atom is -0.493 e. The van der Waals surface area contributed by atoms with Gasteiger partial charge >= 0.3 is 6.09 Å². The lowest BCUT2D eigenvalue weighted by molar-refractivity contribution is 0.0491. The monoisotopic (exact) mass is 750 g/mol. The molecule has 52 heavy (non-hydrogen) atoms. The van der Waals surface area contributed by atoms with E-state index in [1.54, 1.807) is 69.0 Å². The normalized spacial score (nSPS) is 21.2. The summed E-state index contributed by atoms with van der Waals surface area (Å²) in [6, 6.07) is 6.11. The molecule has 4 aliphatic rings. The molecule has 0 aromatic heterocycles. The van der Waals surface area contributed by atoms with Crippen molar-refractivity contribution in [2.24, 2.45) is 4.99 Å². The van der Waals surface area contributed by atoms with Crippen LogP contribution in [0, 0.1) is 6.92 Å². The van der Waals surface area contributed by atoms with Gasteiger partial charge in [0.05, 0.1) is 54.9 Å². The van der Waals surface area contributed by atoms with E-state index in [-0.39, 0.29) is 35.4 Å². The maximum atomic E-state index is 13.7. The van der Waals surface area contributed by atoms with Crippen LogP contribution >= 0.6 is 21.6 Å². The highest BCUT2D eigenvalue weighted by Gasteiger charge is 2.46. The van der Waals surface area contributed by atoms with Crippen LogP contribution in [0.4, 0.5) is 16.2 Å². The Bertz CT molecular complexity index is 1780. The first-order chi connectivity index (χ1) is 25.0. The van der Waals surface area contributed by atoms with Gasteiger partial charge < -0.3 is 33.9 Å². The maximum absolute atomic E-state index is 13.7. The second-order valence-electron chi connectivity index (χ2n) is 13.5. The molecule has 0 saturated carbocycles. The zero-order valence-electron chi connectivity index (χ0n) is 30.1. The second-order valence-corrected chi connectivity index (χ2v) is 16.4. The smallest absolute Gasteiger partial charge is 0.416 e. The van der Waals surface area contributed by atoms with Gasteiger partial charge in [-0.25, -0.2) is 9.69 Å². The number of methoxy groups -OCH3 is 1. The number of benzene rings is 2. The number of amides is 3. The van der Waals surface area contributed by atoms with Gasteiger partial charge in [-0.3, -0.25) is 14.6 Å². The second kappa shape index (κ2) is 16.3. The lowest BCUT2D eigenvalue weighted by Gasteiger charge is -2.31. The Morgan fingerprint density at radius 3 is 2.38 bits per heavy atom. The third kappa shape index (κ3) is 7.79. The van der Waals surface area contributed by atoms with Gasteiger partial charge in [-0.1, -0.05) is 45.9 Å². The maximum Gasteiger partial charge on any atom is 0.416 e. The van der Waals surface area contributed by atoms with Gasteiger partial charge in [-0.05, 0) is 69.9 Å². The summed E-state index contributed by atoms with van der Waals surface area (Å²) in [6.45, 7) is 13.7. The Kier molecular flexibility index (Phi) is 11.8. The number of hydrogen-bond donors (Lipinski definition) is 1. The summed E-state index contributed by atoms with van der Waals surface area (Å²) < 4.78 is 23.5. The summed E-state index contributed by atoms with van der Waals surface area (Å²) in [5.41, 5.74) is 4.16. The predicted octanol–water partition coefficient (Wildman–Crippen LogP) is 6.56. The Morgan fingerprint density at radius 2 is 1.65 bits per heavy atom. The molecule has 0 radical (unpaired) electrons. The van der Waals surface area contributed by atoms with Crippen LogP contribution in [0.5, 0.6) is 17.2 Å². The highest BCUT2D eigenvalue weighted by Crippen LogP contribution is 2.41. The molecule has 0 unspecified atom stereocenters. The lowest BCUT2D eigenvalue weighted by Crippen LogP contribution is -2.51. The molecular weight excluding hydrogens is 705 g/mol. The molecule has 2 saturated heterocycles. The molecule has 12 nitrogen and oxygen atoms in total. The van der Waals surface area contributed by atoms with Crippen LogP contribution in [-0.4, -0.2) is 109 Å². The number of ether oxygens (including phenoxy) is 4. The molecule has 1 N–H and O–H groups in total. The minimum absolute atomic E-state index is 0.0401. The molecule has 0 bridgehead atoms. The van der Waals surface area contributed by atoms with Crippen molar-refractivity contribution in [1.29, 1.82) is 0 Å². The van der Waals surface area contributed by atoms with E-state index >= 15 is 0 Å². The fraction of sp³-hybridized carbons (Fsp3) is 0.474. The molecule has 0 spiro atoms. The Balaban J connectivity index is 1.08. The zero-order valence-corrected chi connectivity index (χ0v) is 31.7. The Hall–Kier alpha value is -4.14. The van der Waals surface area contributed by atoms with Crippen molar-refractivity contribution in [2.45, 2.75) is 69.5 Å². The summed E-state index contributed by atoms with van der Waals surface area (Å²) in [5, 5.41) is 11.6. The van der Waals surface area contributed by atoms with Gasteiger partial charge in [-0.15, -0.1) is 0 Å². The van der Waals surface area contributed by atoms with E-state index in [0.29, 0.717) is 73.2 Å². The topological polar surface area (TPSA) is 130 Å². The van der Waals surface area contributed by atoms with Crippen LogP contribution in [0.2, 0.25) is 0 Å². The number of aryl methyl sites for hydroxylation is 1. The van der Waals surface area contributed by atoms with Crippen molar-refractivity contribution < 1.29 is 38.4 Å². The molecule has 278 valence electrons. The molecule has 4 aliphatic heterocycles. The number of aliphatic imine (C=N–C) groups is 1. The summed E-state index contributed by atoms with van der Waals surface area (Å²) in [4.78, 5) is 49.7. The van der Waals surface area contributed by atoms with E-state index in [1.807, 2.05) is 20.1 Å². The fourth-order valence-electron chi connectivity index (χ4n) is 7.00. The van der Waals surface area contributed by atoms with Crippen LogP contribution in [0.3, 0.4) is 0 Å². The van der Waals surface area contributed by atoms with Gasteiger partial charge in [0, 0.05) is 36.7 Å². The van der Waals surface area contributed by atoms with Crippen molar-refractivity contribution in [1.82, 2.24) is 9.80 Å². The van der Waals surface area contributed by atoms with Crippen molar-refractivity contribution in [3.63, 3.8) is 0 Å². The van der Waals surface area contributed by atoms with Gasteiger partial charge in [0.1, 0.15) is 12.4 Å². The summed E-state index contributed by atoms with van der Waals surface area (Å²) in [5.74, 6) is 1.14. The van der Waals surface area contributed by atoms with E-state index in [1.165, 1.54) is 4.90 Å². The largest absolute Gasteiger partial charge is 0.493 e. The van der Waals surface area contributed by atoms with E-state index in [4.69, 9.17) is 18.9 Å². The number of carbonyl (C=O) groups excluding carboxylic acids is 3. The number of fused-ring (bicyclic) bond motifs is 4. The van der Waals surface area contributed by atoms with Crippen molar-refractivity contribution in [3.8, 4) is 17.2 Å². The number of aliphatic hydroxyl groups is 1. The van der Waals surface area contributed by atoms with Gasteiger partial charge in [0.25, 0.3) is 11.8 Å². The van der Waals surface area contributed by atoms with Gasteiger partial charge in [0.15, 0.2) is 17.7 Å². The Morgan fingerprint density at radius 1 is 0.962 bits per heavy atom. The molecule has 14 heteroatoms.